The van der Waals surface area contributed by atoms with E-state index < -0.39 is 6.10 Å². The van der Waals surface area contributed by atoms with Gasteiger partial charge >= 0.3 is 6.01 Å². The highest BCUT2D eigenvalue weighted by Gasteiger charge is 2.71. The molecular formula is C21H24N6O3. The zero-order chi connectivity index (χ0) is 20.9. The van der Waals surface area contributed by atoms with Crippen molar-refractivity contribution in [1.82, 2.24) is 25.1 Å². The number of carbonyl (C=O) groups excluding carboxylic acids is 1. The Bertz CT molecular complexity index is 1060. The molecule has 0 bridgehead atoms. The maximum absolute atomic E-state index is 12.6. The Morgan fingerprint density at radius 1 is 1.33 bits per heavy atom. The van der Waals surface area contributed by atoms with Gasteiger partial charge in [0.1, 0.15) is 5.69 Å². The number of carbonyl (C=O) groups is 1. The monoisotopic (exact) mass is 408 g/mol. The van der Waals surface area contributed by atoms with Gasteiger partial charge in [0.2, 0.25) is 5.89 Å². The van der Waals surface area contributed by atoms with E-state index in [1.807, 2.05) is 23.1 Å². The first-order valence-corrected chi connectivity index (χ1v) is 10.0. The number of hydrogen-bond donors (Lipinski definition) is 2. The maximum Gasteiger partial charge on any atom is 0.318 e. The van der Waals surface area contributed by atoms with Crippen LogP contribution < -0.4 is 10.2 Å². The SMILES string of the molecule is Cc1nnc(N2C[C@@H](O)[C@@]3(C2)[C@H](CNC(=O)c2cncn2C)[C@H]3c2ccccc2)o1. The molecule has 2 N–H and O–H groups in total. The summed E-state index contributed by atoms with van der Waals surface area (Å²) in [6, 6.07) is 10.6. The van der Waals surface area contributed by atoms with Gasteiger partial charge in [0.25, 0.3) is 5.91 Å². The lowest BCUT2D eigenvalue weighted by Gasteiger charge is -2.15. The van der Waals surface area contributed by atoms with E-state index in [0.29, 0.717) is 37.2 Å². The molecule has 3 aromatic rings. The van der Waals surface area contributed by atoms with E-state index in [4.69, 9.17) is 4.42 Å². The lowest BCUT2D eigenvalue weighted by molar-refractivity contribution is 0.0931. The molecule has 2 fully saturated rings. The molecule has 4 atom stereocenters. The minimum absolute atomic E-state index is 0.0982. The number of amides is 1. The molecule has 1 saturated carbocycles. The number of anilines is 1. The fourth-order valence-corrected chi connectivity index (χ4v) is 5.03. The highest BCUT2D eigenvalue weighted by atomic mass is 16.4. The number of β-amino-alcohol motifs (C(OH)–C–C–N with tert-alkyl or cyclic N) is 1. The molecule has 1 saturated heterocycles. The van der Waals surface area contributed by atoms with E-state index in [-0.39, 0.29) is 23.2 Å². The Balaban J connectivity index is 1.39. The molecule has 2 aliphatic rings. The maximum atomic E-state index is 12.6. The second-order valence-corrected chi connectivity index (χ2v) is 8.21. The van der Waals surface area contributed by atoms with E-state index >= 15 is 0 Å². The van der Waals surface area contributed by atoms with Crippen molar-refractivity contribution in [3.63, 3.8) is 0 Å². The molecular weight excluding hydrogens is 384 g/mol. The number of aromatic nitrogens is 4. The number of aliphatic hydroxyl groups is 1. The Morgan fingerprint density at radius 3 is 2.80 bits per heavy atom. The lowest BCUT2D eigenvalue weighted by atomic mass is 9.95. The van der Waals surface area contributed by atoms with E-state index in [1.165, 1.54) is 5.56 Å². The van der Waals surface area contributed by atoms with Crippen LogP contribution in [0.1, 0.15) is 27.9 Å². The zero-order valence-corrected chi connectivity index (χ0v) is 16.9. The van der Waals surface area contributed by atoms with Crippen molar-refractivity contribution in [2.75, 3.05) is 24.5 Å². The largest absolute Gasteiger partial charge is 0.408 e. The fourth-order valence-electron chi connectivity index (χ4n) is 5.03. The molecule has 9 nitrogen and oxygen atoms in total. The average molecular weight is 408 g/mol. The molecule has 5 rings (SSSR count). The second-order valence-electron chi connectivity index (χ2n) is 8.21. The van der Waals surface area contributed by atoms with E-state index in [1.54, 1.807) is 31.1 Å². The molecule has 1 aliphatic heterocycles. The van der Waals surface area contributed by atoms with Crippen molar-refractivity contribution in [3.05, 3.63) is 60.0 Å². The number of rotatable bonds is 5. The Labute approximate surface area is 173 Å². The summed E-state index contributed by atoms with van der Waals surface area (Å²) in [5.41, 5.74) is 1.31. The average Bonchev–Trinajstić information content (AvgIpc) is 3.11. The van der Waals surface area contributed by atoms with Crippen molar-refractivity contribution in [3.8, 4) is 0 Å². The van der Waals surface area contributed by atoms with Crippen molar-refractivity contribution in [2.24, 2.45) is 18.4 Å². The molecule has 0 unspecified atom stereocenters. The first kappa shape index (κ1) is 18.8. The third-order valence-corrected chi connectivity index (χ3v) is 6.52. The van der Waals surface area contributed by atoms with Crippen LogP contribution in [-0.2, 0) is 7.05 Å². The number of nitrogens with one attached hydrogen (secondary N) is 1. The van der Waals surface area contributed by atoms with Crippen molar-refractivity contribution >= 4 is 11.9 Å². The third kappa shape index (κ3) is 2.88. The summed E-state index contributed by atoms with van der Waals surface area (Å²) < 4.78 is 7.28. The van der Waals surface area contributed by atoms with Gasteiger partial charge in [-0.05, 0) is 17.4 Å². The summed E-state index contributed by atoms with van der Waals surface area (Å²) in [5, 5.41) is 22.2. The topological polar surface area (TPSA) is 109 Å². The number of imidazole rings is 1. The van der Waals surface area contributed by atoms with Gasteiger partial charge in [-0.1, -0.05) is 35.4 Å². The summed E-state index contributed by atoms with van der Waals surface area (Å²) in [6.07, 6.45) is 2.59. The van der Waals surface area contributed by atoms with Gasteiger partial charge in [0.15, 0.2) is 0 Å². The molecule has 1 amide bonds. The quantitative estimate of drug-likeness (QED) is 0.651. The molecule has 156 valence electrons. The smallest absolute Gasteiger partial charge is 0.318 e. The second kappa shape index (κ2) is 6.94. The Hall–Kier alpha value is -3.20. The van der Waals surface area contributed by atoms with Crippen LogP contribution in [0.3, 0.4) is 0 Å². The van der Waals surface area contributed by atoms with Crippen LogP contribution in [0.25, 0.3) is 0 Å². The van der Waals surface area contributed by atoms with Crippen molar-refractivity contribution in [1.29, 1.82) is 0 Å². The summed E-state index contributed by atoms with van der Waals surface area (Å²) >= 11 is 0. The predicted molar refractivity (Wildman–Crippen MR) is 108 cm³/mol. The van der Waals surface area contributed by atoms with E-state index in [9.17, 15) is 9.90 Å². The van der Waals surface area contributed by atoms with Crippen LogP contribution in [0.5, 0.6) is 0 Å². The van der Waals surface area contributed by atoms with E-state index in [0.717, 1.165) is 0 Å². The van der Waals surface area contributed by atoms with Crippen LogP contribution >= 0.6 is 0 Å². The number of aliphatic hydroxyl groups excluding tert-OH is 1. The molecule has 3 heterocycles. The van der Waals surface area contributed by atoms with E-state index in [2.05, 4.69) is 32.6 Å². The van der Waals surface area contributed by atoms with Gasteiger partial charge in [0, 0.05) is 39.0 Å². The first-order chi connectivity index (χ1) is 14.5. The first-order valence-electron chi connectivity index (χ1n) is 10.0. The highest BCUT2D eigenvalue weighted by Crippen LogP contribution is 2.68. The summed E-state index contributed by atoms with van der Waals surface area (Å²) in [7, 11) is 1.79. The van der Waals surface area contributed by atoms with Gasteiger partial charge in [-0.15, -0.1) is 5.10 Å². The third-order valence-electron chi connectivity index (χ3n) is 6.52. The van der Waals surface area contributed by atoms with Gasteiger partial charge in [-0.2, -0.15) is 0 Å². The molecule has 9 heteroatoms. The van der Waals surface area contributed by atoms with Crippen LogP contribution in [0, 0.1) is 18.3 Å². The van der Waals surface area contributed by atoms with Crippen LogP contribution in [0.2, 0.25) is 0 Å². The standard InChI is InChI=1S/C21H24N6O3/c1-13-24-25-20(30-13)27-10-17(28)21(11-27)15(18(21)14-6-4-3-5-7-14)8-23-19(29)16-9-22-12-26(16)2/h3-7,9,12,15,17-18,28H,8,10-11H2,1-2H3,(H,23,29)/t15-,17-,18-,21-/m1/s1. The van der Waals surface area contributed by atoms with Gasteiger partial charge in [-0.25, -0.2) is 4.98 Å². The van der Waals surface area contributed by atoms with Gasteiger partial charge in [-0.3, -0.25) is 4.79 Å². The van der Waals surface area contributed by atoms with Crippen molar-refractivity contribution < 1.29 is 14.3 Å². The van der Waals surface area contributed by atoms with Gasteiger partial charge < -0.3 is 24.3 Å². The summed E-state index contributed by atoms with van der Waals surface area (Å²) in [6.45, 7) is 3.25. The Kier molecular flexibility index (Phi) is 4.35. The number of aryl methyl sites for hydroxylation is 2. The number of hydrogen-bond acceptors (Lipinski definition) is 7. The van der Waals surface area contributed by atoms with Crippen LogP contribution in [0.15, 0.2) is 47.3 Å². The Morgan fingerprint density at radius 2 is 2.13 bits per heavy atom. The summed E-state index contributed by atoms with van der Waals surface area (Å²) in [4.78, 5) is 18.6. The minimum atomic E-state index is -0.562. The van der Waals surface area contributed by atoms with Crippen LogP contribution in [0.4, 0.5) is 6.01 Å². The predicted octanol–water partition coefficient (Wildman–Crippen LogP) is 1.12. The number of nitrogens with zero attached hydrogens (tertiary/aromatic N) is 5. The molecule has 1 aliphatic carbocycles. The molecule has 30 heavy (non-hydrogen) atoms. The zero-order valence-electron chi connectivity index (χ0n) is 16.9. The van der Waals surface area contributed by atoms with Crippen LogP contribution in [-0.4, -0.2) is 56.5 Å². The normalized spacial score (nSPS) is 27.6. The highest BCUT2D eigenvalue weighted by molar-refractivity contribution is 5.92. The minimum Gasteiger partial charge on any atom is -0.408 e. The molecule has 0 radical (unpaired) electrons. The van der Waals surface area contributed by atoms with Gasteiger partial charge in [0.05, 0.1) is 18.6 Å². The van der Waals surface area contributed by atoms with Crippen molar-refractivity contribution in [2.45, 2.75) is 18.9 Å². The fraction of sp³-hybridized carbons (Fsp3) is 0.429. The lowest BCUT2D eigenvalue weighted by Crippen LogP contribution is -2.31. The summed E-state index contributed by atoms with van der Waals surface area (Å²) in [5.74, 6) is 0.562. The molecule has 1 aromatic carbocycles. The number of benzene rings is 1. The molecule has 1 spiro atoms. The molecule has 2 aromatic heterocycles.